The third-order valence-electron chi connectivity index (χ3n) is 3.75. The first-order valence-corrected chi connectivity index (χ1v) is 6.70. The molecule has 0 heterocycles. The molecule has 18 heavy (non-hydrogen) atoms. The van der Waals surface area contributed by atoms with Crippen molar-refractivity contribution < 1.29 is 14.7 Å². The average molecular weight is 256 g/mol. The van der Waals surface area contributed by atoms with Gasteiger partial charge in [-0.1, -0.05) is 39.5 Å². The highest BCUT2D eigenvalue weighted by Crippen LogP contribution is 2.27. The fourth-order valence-corrected chi connectivity index (χ4v) is 2.35. The van der Waals surface area contributed by atoms with Gasteiger partial charge in [-0.25, -0.2) is 4.79 Å². The van der Waals surface area contributed by atoms with E-state index in [0.717, 1.165) is 25.7 Å². The van der Waals surface area contributed by atoms with E-state index in [4.69, 9.17) is 5.73 Å². The zero-order valence-corrected chi connectivity index (χ0v) is 11.2. The van der Waals surface area contributed by atoms with Gasteiger partial charge < -0.3 is 16.2 Å². The molecule has 0 aromatic rings. The van der Waals surface area contributed by atoms with Crippen LogP contribution in [0.1, 0.15) is 52.4 Å². The maximum Gasteiger partial charge on any atom is 0.329 e. The molecule has 1 amide bonds. The number of nitrogens with two attached hydrogens (primary N) is 1. The Morgan fingerprint density at radius 2 is 1.67 bits per heavy atom. The first-order valence-electron chi connectivity index (χ1n) is 6.70. The van der Waals surface area contributed by atoms with Crippen LogP contribution in [0, 0.1) is 5.92 Å². The van der Waals surface area contributed by atoms with Crippen molar-refractivity contribution in [2.24, 2.45) is 11.7 Å². The molecule has 4 N–H and O–H groups in total. The largest absolute Gasteiger partial charge is 0.480 e. The summed E-state index contributed by atoms with van der Waals surface area (Å²) in [7, 11) is 0. The molecule has 0 aromatic carbocycles. The first-order chi connectivity index (χ1) is 8.39. The first kappa shape index (κ1) is 15.0. The monoisotopic (exact) mass is 256 g/mol. The van der Waals surface area contributed by atoms with Crippen molar-refractivity contribution in [3.05, 3.63) is 0 Å². The molecule has 0 unspecified atom stereocenters. The van der Waals surface area contributed by atoms with Gasteiger partial charge in [0.25, 0.3) is 0 Å². The number of amides is 1. The highest BCUT2D eigenvalue weighted by molar-refractivity contribution is 5.89. The predicted molar refractivity (Wildman–Crippen MR) is 69.0 cm³/mol. The molecule has 1 fully saturated rings. The Labute approximate surface area is 108 Å². The van der Waals surface area contributed by atoms with E-state index >= 15 is 0 Å². The van der Waals surface area contributed by atoms with Gasteiger partial charge in [-0.15, -0.1) is 0 Å². The molecule has 0 saturated heterocycles. The molecular formula is C13H24N2O3. The molecule has 1 rings (SSSR count). The number of carboxylic acids is 1. The normalized spacial score (nSPS) is 21.1. The van der Waals surface area contributed by atoms with Crippen molar-refractivity contribution >= 4 is 11.9 Å². The van der Waals surface area contributed by atoms with Crippen LogP contribution in [0.25, 0.3) is 0 Å². The van der Waals surface area contributed by atoms with Crippen LogP contribution in [-0.2, 0) is 9.59 Å². The van der Waals surface area contributed by atoms with Crippen LogP contribution in [0.4, 0.5) is 0 Å². The predicted octanol–water partition coefficient (Wildman–Crippen LogP) is 1.26. The molecule has 0 radical (unpaired) electrons. The second-order valence-electron chi connectivity index (χ2n) is 5.56. The van der Waals surface area contributed by atoms with E-state index in [2.05, 4.69) is 5.32 Å². The van der Waals surface area contributed by atoms with Gasteiger partial charge in [0.05, 0.1) is 6.04 Å². The van der Waals surface area contributed by atoms with Crippen molar-refractivity contribution in [1.82, 2.24) is 5.32 Å². The molecule has 5 nitrogen and oxygen atoms in total. The Kier molecular flexibility index (Phi) is 5.14. The summed E-state index contributed by atoms with van der Waals surface area (Å²) in [5, 5.41) is 12.1. The van der Waals surface area contributed by atoms with Crippen molar-refractivity contribution in [2.45, 2.75) is 64.0 Å². The second-order valence-corrected chi connectivity index (χ2v) is 5.56. The summed E-state index contributed by atoms with van der Waals surface area (Å²) >= 11 is 0. The highest BCUT2D eigenvalue weighted by Gasteiger charge is 2.41. The minimum absolute atomic E-state index is 0.00150. The molecule has 1 aliphatic rings. The van der Waals surface area contributed by atoms with Crippen LogP contribution in [-0.4, -0.2) is 28.6 Å². The van der Waals surface area contributed by atoms with E-state index in [9.17, 15) is 14.7 Å². The minimum atomic E-state index is -1.11. The number of nitrogens with one attached hydrogen (secondary N) is 1. The number of aliphatic carboxylic acids is 1. The summed E-state index contributed by atoms with van der Waals surface area (Å²) in [4.78, 5) is 23.5. The lowest BCUT2D eigenvalue weighted by atomic mass is 9.89. The summed E-state index contributed by atoms with van der Waals surface area (Å²) < 4.78 is 0. The zero-order valence-electron chi connectivity index (χ0n) is 11.2. The van der Waals surface area contributed by atoms with Crippen LogP contribution >= 0.6 is 0 Å². The van der Waals surface area contributed by atoms with Crippen LogP contribution in [0.3, 0.4) is 0 Å². The molecule has 104 valence electrons. The topological polar surface area (TPSA) is 92.4 Å². The maximum absolute atomic E-state index is 12.0. The summed E-state index contributed by atoms with van der Waals surface area (Å²) in [6.45, 7) is 3.70. The molecule has 0 spiro atoms. The van der Waals surface area contributed by atoms with Gasteiger partial charge in [-0.05, 0) is 18.8 Å². The quantitative estimate of drug-likeness (QED) is 0.660. The standard InChI is InChI=1S/C13H24N2O3/c1-9(2)10(14)11(16)15-13(12(17)18)7-5-3-4-6-8-13/h9-10H,3-8,14H2,1-2H3,(H,15,16)(H,17,18)/t10-/m0/s1. The Bertz CT molecular complexity index is 307. The number of carbonyl (C=O) groups is 2. The van der Waals surface area contributed by atoms with E-state index < -0.39 is 17.6 Å². The Morgan fingerprint density at radius 1 is 1.17 bits per heavy atom. The number of hydrogen-bond donors (Lipinski definition) is 3. The van der Waals surface area contributed by atoms with Crippen LogP contribution < -0.4 is 11.1 Å². The lowest BCUT2D eigenvalue weighted by molar-refractivity contribution is -0.148. The third kappa shape index (κ3) is 3.45. The van der Waals surface area contributed by atoms with Gasteiger partial charge in [0.2, 0.25) is 5.91 Å². The lowest BCUT2D eigenvalue weighted by Gasteiger charge is -2.31. The Morgan fingerprint density at radius 3 is 2.06 bits per heavy atom. The van der Waals surface area contributed by atoms with Crippen molar-refractivity contribution in [2.75, 3.05) is 0 Å². The Balaban J connectivity index is 2.79. The van der Waals surface area contributed by atoms with Gasteiger partial charge in [0, 0.05) is 0 Å². The second kappa shape index (κ2) is 6.18. The van der Waals surface area contributed by atoms with Gasteiger partial charge in [-0.2, -0.15) is 0 Å². The van der Waals surface area contributed by atoms with E-state index in [-0.39, 0.29) is 11.8 Å². The molecule has 1 aliphatic carbocycles. The van der Waals surface area contributed by atoms with Gasteiger partial charge in [0.15, 0.2) is 0 Å². The number of carbonyl (C=O) groups excluding carboxylic acids is 1. The van der Waals surface area contributed by atoms with E-state index in [1.54, 1.807) is 0 Å². The third-order valence-corrected chi connectivity index (χ3v) is 3.75. The molecule has 0 aromatic heterocycles. The SMILES string of the molecule is CC(C)[C@H](N)C(=O)NC1(C(=O)O)CCCCCC1. The van der Waals surface area contributed by atoms with E-state index in [1.165, 1.54) is 0 Å². The van der Waals surface area contributed by atoms with Crippen LogP contribution in [0.5, 0.6) is 0 Å². The molecule has 1 atom stereocenters. The van der Waals surface area contributed by atoms with E-state index in [1.807, 2.05) is 13.8 Å². The summed E-state index contributed by atoms with van der Waals surface area (Å²) in [6, 6.07) is -0.649. The lowest BCUT2D eigenvalue weighted by Crippen LogP contribution is -2.58. The molecule has 1 saturated carbocycles. The molecule has 5 heteroatoms. The minimum Gasteiger partial charge on any atom is -0.480 e. The summed E-state index contributed by atoms with van der Waals surface area (Å²) in [6.07, 6.45) is 4.73. The molecule has 0 aliphatic heterocycles. The highest BCUT2D eigenvalue weighted by atomic mass is 16.4. The van der Waals surface area contributed by atoms with Crippen molar-refractivity contribution in [1.29, 1.82) is 0 Å². The van der Waals surface area contributed by atoms with Crippen LogP contribution in [0.15, 0.2) is 0 Å². The molecular weight excluding hydrogens is 232 g/mol. The van der Waals surface area contributed by atoms with Crippen LogP contribution in [0.2, 0.25) is 0 Å². The van der Waals surface area contributed by atoms with Gasteiger partial charge >= 0.3 is 5.97 Å². The fourth-order valence-electron chi connectivity index (χ4n) is 2.35. The Hall–Kier alpha value is -1.10. The fraction of sp³-hybridized carbons (Fsp3) is 0.846. The zero-order chi connectivity index (χ0) is 13.8. The number of hydrogen-bond acceptors (Lipinski definition) is 3. The maximum atomic E-state index is 12.0. The van der Waals surface area contributed by atoms with Crippen molar-refractivity contribution in [3.63, 3.8) is 0 Å². The van der Waals surface area contributed by atoms with Crippen molar-refractivity contribution in [3.8, 4) is 0 Å². The van der Waals surface area contributed by atoms with Gasteiger partial charge in [0.1, 0.15) is 5.54 Å². The summed E-state index contributed by atoms with van der Waals surface area (Å²) in [5.41, 5.74) is 4.66. The molecule has 0 bridgehead atoms. The van der Waals surface area contributed by atoms with Gasteiger partial charge in [-0.3, -0.25) is 4.79 Å². The number of rotatable bonds is 4. The number of carboxylic acid groups (broad SMARTS) is 1. The average Bonchev–Trinajstić information content (AvgIpc) is 2.54. The van der Waals surface area contributed by atoms with E-state index in [0.29, 0.717) is 12.8 Å². The summed E-state index contributed by atoms with van der Waals surface area (Å²) in [5.74, 6) is -1.29. The smallest absolute Gasteiger partial charge is 0.329 e.